The molecular formula is C12H15ClO2. The predicted molar refractivity (Wildman–Crippen MR) is 61.2 cm³/mol. The van der Waals surface area contributed by atoms with E-state index < -0.39 is 0 Å². The van der Waals surface area contributed by atoms with E-state index in [4.69, 9.17) is 16.3 Å². The molecule has 0 atom stereocenters. The van der Waals surface area contributed by atoms with E-state index in [9.17, 15) is 4.79 Å². The first-order chi connectivity index (χ1) is 7.09. The number of halogens is 1. The summed E-state index contributed by atoms with van der Waals surface area (Å²) in [5, 5.41) is 0.549. The van der Waals surface area contributed by atoms with Gasteiger partial charge in [0.15, 0.2) is 0 Å². The molecule has 0 N–H and O–H groups in total. The Hall–Kier alpha value is -1.02. The molecule has 3 heteroatoms. The standard InChI is InChI=1S/C12H15ClO2/c1-9(2)6-7-15-12(14)10-4-3-5-11(13)8-10/h3-5,8-9H,6-7H2,1-2H3. The van der Waals surface area contributed by atoms with Gasteiger partial charge in [0.2, 0.25) is 0 Å². The van der Waals surface area contributed by atoms with Crippen LogP contribution in [0.5, 0.6) is 0 Å². The van der Waals surface area contributed by atoms with E-state index in [1.54, 1.807) is 24.3 Å². The molecule has 15 heavy (non-hydrogen) atoms. The van der Waals surface area contributed by atoms with Crippen LogP contribution in [0.2, 0.25) is 5.02 Å². The van der Waals surface area contributed by atoms with Crippen LogP contribution in [-0.4, -0.2) is 12.6 Å². The van der Waals surface area contributed by atoms with Gasteiger partial charge in [-0.3, -0.25) is 0 Å². The molecule has 0 saturated carbocycles. The summed E-state index contributed by atoms with van der Waals surface area (Å²) in [5.41, 5.74) is 0.506. The van der Waals surface area contributed by atoms with Gasteiger partial charge < -0.3 is 4.74 Å². The lowest BCUT2D eigenvalue weighted by Crippen LogP contribution is -2.07. The molecule has 0 spiro atoms. The SMILES string of the molecule is CC(C)CCOC(=O)c1cccc(Cl)c1. The van der Waals surface area contributed by atoms with Crippen molar-refractivity contribution in [2.24, 2.45) is 5.92 Å². The van der Waals surface area contributed by atoms with E-state index in [1.165, 1.54) is 0 Å². The van der Waals surface area contributed by atoms with Crippen LogP contribution in [0.25, 0.3) is 0 Å². The summed E-state index contributed by atoms with van der Waals surface area (Å²) in [5.74, 6) is 0.232. The quantitative estimate of drug-likeness (QED) is 0.734. The topological polar surface area (TPSA) is 26.3 Å². The Morgan fingerprint density at radius 1 is 1.47 bits per heavy atom. The predicted octanol–water partition coefficient (Wildman–Crippen LogP) is 3.54. The Labute approximate surface area is 95.2 Å². The number of carbonyl (C=O) groups excluding carboxylic acids is 1. The summed E-state index contributed by atoms with van der Waals surface area (Å²) in [6.07, 6.45) is 0.881. The molecular weight excluding hydrogens is 212 g/mol. The van der Waals surface area contributed by atoms with Crippen LogP contribution in [0.15, 0.2) is 24.3 Å². The van der Waals surface area contributed by atoms with Crippen LogP contribution in [0, 0.1) is 5.92 Å². The molecule has 1 rings (SSSR count). The first-order valence-electron chi connectivity index (χ1n) is 5.02. The fourth-order valence-electron chi connectivity index (χ4n) is 1.09. The molecule has 0 aliphatic heterocycles. The fraction of sp³-hybridized carbons (Fsp3) is 0.417. The highest BCUT2D eigenvalue weighted by molar-refractivity contribution is 6.30. The van der Waals surface area contributed by atoms with Crippen molar-refractivity contribution in [2.75, 3.05) is 6.61 Å². The number of benzene rings is 1. The van der Waals surface area contributed by atoms with Gasteiger partial charge in [0.25, 0.3) is 0 Å². The minimum atomic E-state index is -0.307. The van der Waals surface area contributed by atoms with Crippen molar-refractivity contribution in [3.05, 3.63) is 34.9 Å². The summed E-state index contributed by atoms with van der Waals surface area (Å²) in [6.45, 7) is 4.64. The number of rotatable bonds is 4. The monoisotopic (exact) mass is 226 g/mol. The first kappa shape index (κ1) is 12.1. The molecule has 0 saturated heterocycles. The van der Waals surface area contributed by atoms with Gasteiger partial charge in [0, 0.05) is 5.02 Å². The van der Waals surface area contributed by atoms with Gasteiger partial charge in [-0.25, -0.2) is 4.79 Å². The van der Waals surface area contributed by atoms with Gasteiger partial charge in [0.1, 0.15) is 0 Å². The Bertz CT molecular complexity index is 334. The fourth-order valence-corrected chi connectivity index (χ4v) is 1.28. The van der Waals surface area contributed by atoms with Gasteiger partial charge in [-0.05, 0) is 30.5 Å². The third kappa shape index (κ3) is 4.34. The van der Waals surface area contributed by atoms with E-state index in [0.717, 1.165) is 6.42 Å². The highest BCUT2D eigenvalue weighted by atomic mass is 35.5. The second kappa shape index (κ2) is 5.76. The average molecular weight is 227 g/mol. The maximum absolute atomic E-state index is 11.5. The summed E-state index contributed by atoms with van der Waals surface area (Å²) in [7, 11) is 0. The van der Waals surface area contributed by atoms with Gasteiger partial charge in [0.05, 0.1) is 12.2 Å². The Kier molecular flexibility index (Phi) is 4.63. The lowest BCUT2D eigenvalue weighted by atomic mass is 10.1. The van der Waals surface area contributed by atoms with Crippen molar-refractivity contribution in [2.45, 2.75) is 20.3 Å². The van der Waals surface area contributed by atoms with E-state index in [0.29, 0.717) is 23.1 Å². The molecule has 0 radical (unpaired) electrons. The number of carbonyl (C=O) groups is 1. The van der Waals surface area contributed by atoms with Crippen molar-refractivity contribution >= 4 is 17.6 Å². The third-order valence-corrected chi connectivity index (χ3v) is 2.22. The Balaban J connectivity index is 2.47. The highest BCUT2D eigenvalue weighted by Gasteiger charge is 2.07. The number of hydrogen-bond acceptors (Lipinski definition) is 2. The molecule has 0 bridgehead atoms. The summed E-state index contributed by atoms with van der Waals surface area (Å²) in [6, 6.07) is 6.77. The van der Waals surface area contributed by atoms with Gasteiger partial charge in [-0.2, -0.15) is 0 Å². The Morgan fingerprint density at radius 2 is 2.20 bits per heavy atom. The van der Waals surface area contributed by atoms with Crippen LogP contribution in [0.3, 0.4) is 0 Å². The lowest BCUT2D eigenvalue weighted by molar-refractivity contribution is 0.0488. The molecule has 0 aliphatic rings. The van der Waals surface area contributed by atoms with E-state index in [2.05, 4.69) is 13.8 Å². The second-order valence-corrected chi connectivity index (χ2v) is 4.27. The maximum atomic E-state index is 11.5. The molecule has 82 valence electrons. The number of hydrogen-bond donors (Lipinski definition) is 0. The smallest absolute Gasteiger partial charge is 0.338 e. The van der Waals surface area contributed by atoms with Crippen molar-refractivity contribution in [3.8, 4) is 0 Å². The molecule has 0 heterocycles. The van der Waals surface area contributed by atoms with Crippen molar-refractivity contribution in [3.63, 3.8) is 0 Å². The van der Waals surface area contributed by atoms with E-state index in [1.807, 2.05) is 0 Å². The van der Waals surface area contributed by atoms with Gasteiger partial charge in [-0.15, -0.1) is 0 Å². The van der Waals surface area contributed by atoms with Crippen LogP contribution >= 0.6 is 11.6 Å². The molecule has 2 nitrogen and oxygen atoms in total. The normalized spacial score (nSPS) is 10.4. The minimum Gasteiger partial charge on any atom is -0.462 e. The maximum Gasteiger partial charge on any atom is 0.338 e. The summed E-state index contributed by atoms with van der Waals surface area (Å²) < 4.78 is 5.10. The van der Waals surface area contributed by atoms with Crippen LogP contribution in [0.4, 0.5) is 0 Å². The Morgan fingerprint density at radius 3 is 2.80 bits per heavy atom. The minimum absolute atomic E-state index is 0.307. The van der Waals surface area contributed by atoms with Crippen molar-refractivity contribution in [1.82, 2.24) is 0 Å². The average Bonchev–Trinajstić information content (AvgIpc) is 2.17. The molecule has 0 fully saturated rings. The molecule has 0 aliphatic carbocycles. The zero-order chi connectivity index (χ0) is 11.3. The van der Waals surface area contributed by atoms with E-state index >= 15 is 0 Å². The lowest BCUT2D eigenvalue weighted by Gasteiger charge is -2.06. The van der Waals surface area contributed by atoms with Crippen molar-refractivity contribution < 1.29 is 9.53 Å². The third-order valence-electron chi connectivity index (χ3n) is 1.99. The molecule has 0 unspecified atom stereocenters. The zero-order valence-corrected chi connectivity index (χ0v) is 9.75. The molecule has 1 aromatic rings. The first-order valence-corrected chi connectivity index (χ1v) is 5.40. The number of esters is 1. The number of ether oxygens (including phenoxy) is 1. The molecule has 0 amide bonds. The summed E-state index contributed by atoms with van der Waals surface area (Å²) >= 11 is 5.77. The molecule has 1 aromatic carbocycles. The largest absolute Gasteiger partial charge is 0.462 e. The van der Waals surface area contributed by atoms with Crippen LogP contribution < -0.4 is 0 Å². The van der Waals surface area contributed by atoms with E-state index in [-0.39, 0.29) is 5.97 Å². The second-order valence-electron chi connectivity index (χ2n) is 3.83. The van der Waals surface area contributed by atoms with Crippen LogP contribution in [-0.2, 0) is 4.74 Å². The van der Waals surface area contributed by atoms with Gasteiger partial charge >= 0.3 is 5.97 Å². The van der Waals surface area contributed by atoms with Gasteiger partial charge in [-0.1, -0.05) is 31.5 Å². The summed E-state index contributed by atoms with van der Waals surface area (Å²) in [4.78, 5) is 11.5. The van der Waals surface area contributed by atoms with Crippen molar-refractivity contribution in [1.29, 1.82) is 0 Å². The molecule has 0 aromatic heterocycles. The zero-order valence-electron chi connectivity index (χ0n) is 9.00. The van der Waals surface area contributed by atoms with Crippen LogP contribution in [0.1, 0.15) is 30.6 Å². The highest BCUT2D eigenvalue weighted by Crippen LogP contribution is 2.12.